The molecule has 0 bridgehead atoms. The number of rotatable bonds is 5. The molecule has 4 heteroatoms. The molecule has 0 aliphatic heterocycles. The van der Waals surface area contributed by atoms with Gasteiger partial charge in [0.1, 0.15) is 11.5 Å². The number of hydrogen-bond acceptors (Lipinski definition) is 3. The van der Waals surface area contributed by atoms with Crippen molar-refractivity contribution in [3.63, 3.8) is 0 Å². The third-order valence-corrected chi connectivity index (χ3v) is 2.98. The van der Waals surface area contributed by atoms with Gasteiger partial charge in [-0.1, -0.05) is 13.8 Å². The van der Waals surface area contributed by atoms with Gasteiger partial charge in [-0.25, -0.2) is 0 Å². The van der Waals surface area contributed by atoms with E-state index in [0.29, 0.717) is 23.0 Å². The molecule has 4 nitrogen and oxygen atoms in total. The highest BCUT2D eigenvalue weighted by Crippen LogP contribution is 2.29. The van der Waals surface area contributed by atoms with E-state index < -0.39 is 0 Å². The molecule has 106 valence electrons. The molecule has 1 aromatic rings. The Bertz CT molecular complexity index is 430. The molecule has 0 aliphatic carbocycles. The fourth-order valence-electron chi connectivity index (χ4n) is 2.06. The van der Waals surface area contributed by atoms with Crippen LogP contribution in [0.3, 0.4) is 0 Å². The van der Waals surface area contributed by atoms with Crippen LogP contribution in [0.4, 0.5) is 0 Å². The van der Waals surface area contributed by atoms with Crippen LogP contribution in [-0.2, 0) is 0 Å². The van der Waals surface area contributed by atoms with E-state index in [4.69, 9.17) is 9.47 Å². The molecule has 0 radical (unpaired) electrons. The summed E-state index contributed by atoms with van der Waals surface area (Å²) >= 11 is 0. The quantitative estimate of drug-likeness (QED) is 0.821. The monoisotopic (exact) mass is 265 g/mol. The van der Waals surface area contributed by atoms with Gasteiger partial charge in [-0.05, 0) is 25.0 Å². The van der Waals surface area contributed by atoms with Crippen LogP contribution < -0.4 is 9.47 Å². The van der Waals surface area contributed by atoms with Crippen molar-refractivity contribution in [1.82, 2.24) is 4.90 Å². The summed E-state index contributed by atoms with van der Waals surface area (Å²) < 4.78 is 10.6. The number of nitrogens with zero attached hydrogens (tertiary/aromatic N) is 1. The van der Waals surface area contributed by atoms with Crippen LogP contribution in [0, 0.1) is 12.8 Å². The summed E-state index contributed by atoms with van der Waals surface area (Å²) in [6, 6.07) is 3.52. The topological polar surface area (TPSA) is 38.8 Å². The van der Waals surface area contributed by atoms with Crippen molar-refractivity contribution in [1.29, 1.82) is 0 Å². The lowest BCUT2D eigenvalue weighted by Crippen LogP contribution is -2.30. The minimum atomic E-state index is -0.0229. The summed E-state index contributed by atoms with van der Waals surface area (Å²) in [4.78, 5) is 14.1. The van der Waals surface area contributed by atoms with E-state index in [2.05, 4.69) is 13.8 Å². The number of hydrogen-bond donors (Lipinski definition) is 0. The zero-order valence-corrected chi connectivity index (χ0v) is 12.6. The molecule has 19 heavy (non-hydrogen) atoms. The normalized spacial score (nSPS) is 10.5. The van der Waals surface area contributed by atoms with Crippen LogP contribution in [0.25, 0.3) is 0 Å². The molecule has 1 aromatic carbocycles. The van der Waals surface area contributed by atoms with Crippen molar-refractivity contribution in [2.45, 2.75) is 20.8 Å². The molecular weight excluding hydrogens is 242 g/mol. The molecule has 0 N–H and O–H groups in total. The van der Waals surface area contributed by atoms with Crippen LogP contribution >= 0.6 is 0 Å². The summed E-state index contributed by atoms with van der Waals surface area (Å²) in [5, 5.41) is 0. The first kappa shape index (κ1) is 15.3. The minimum absolute atomic E-state index is 0.0229. The highest BCUT2D eigenvalue weighted by molar-refractivity contribution is 5.95. The van der Waals surface area contributed by atoms with Gasteiger partial charge in [0.25, 0.3) is 5.91 Å². The van der Waals surface area contributed by atoms with Gasteiger partial charge in [0, 0.05) is 24.7 Å². The molecule has 0 saturated heterocycles. The van der Waals surface area contributed by atoms with Gasteiger partial charge < -0.3 is 14.4 Å². The Labute approximate surface area is 115 Å². The van der Waals surface area contributed by atoms with E-state index >= 15 is 0 Å². The highest BCUT2D eigenvalue weighted by Gasteiger charge is 2.17. The summed E-state index contributed by atoms with van der Waals surface area (Å²) in [7, 11) is 4.99. The minimum Gasteiger partial charge on any atom is -0.496 e. The number of benzene rings is 1. The van der Waals surface area contributed by atoms with Crippen molar-refractivity contribution in [3.05, 3.63) is 23.3 Å². The van der Waals surface area contributed by atoms with Crippen LogP contribution in [0.15, 0.2) is 12.1 Å². The number of methoxy groups -OCH3 is 2. The SMILES string of the molecule is COc1cc(C(=O)N(C)CC(C)C)cc(OC)c1C. The van der Waals surface area contributed by atoms with Gasteiger partial charge in [-0.15, -0.1) is 0 Å². The van der Waals surface area contributed by atoms with Gasteiger partial charge >= 0.3 is 0 Å². The molecule has 0 heterocycles. The third kappa shape index (κ3) is 3.63. The largest absolute Gasteiger partial charge is 0.496 e. The van der Waals surface area contributed by atoms with E-state index in [9.17, 15) is 4.79 Å². The fourth-order valence-corrected chi connectivity index (χ4v) is 2.06. The van der Waals surface area contributed by atoms with E-state index in [-0.39, 0.29) is 5.91 Å². The average molecular weight is 265 g/mol. The summed E-state index contributed by atoms with van der Waals surface area (Å²) in [5.74, 6) is 1.75. The zero-order chi connectivity index (χ0) is 14.6. The summed E-state index contributed by atoms with van der Waals surface area (Å²) in [5.41, 5.74) is 1.48. The molecule has 1 amide bonds. The molecule has 0 unspecified atom stereocenters. The first-order chi connectivity index (χ1) is 8.90. The Morgan fingerprint density at radius 2 is 1.68 bits per heavy atom. The van der Waals surface area contributed by atoms with Crippen LogP contribution in [0.5, 0.6) is 11.5 Å². The second kappa shape index (κ2) is 6.45. The van der Waals surface area contributed by atoms with E-state index in [0.717, 1.165) is 12.1 Å². The molecule has 1 rings (SSSR count). The smallest absolute Gasteiger partial charge is 0.253 e. The Kier molecular flexibility index (Phi) is 5.21. The zero-order valence-electron chi connectivity index (χ0n) is 12.6. The maximum Gasteiger partial charge on any atom is 0.253 e. The van der Waals surface area contributed by atoms with Gasteiger partial charge in [0.05, 0.1) is 14.2 Å². The molecule has 0 aliphatic rings. The van der Waals surface area contributed by atoms with Crippen molar-refractivity contribution in [2.75, 3.05) is 27.8 Å². The highest BCUT2D eigenvalue weighted by atomic mass is 16.5. The molecule has 0 atom stereocenters. The van der Waals surface area contributed by atoms with Gasteiger partial charge in [-0.2, -0.15) is 0 Å². The Morgan fingerprint density at radius 1 is 1.21 bits per heavy atom. The van der Waals surface area contributed by atoms with Gasteiger partial charge in [0.15, 0.2) is 0 Å². The Balaban J connectivity index is 3.09. The van der Waals surface area contributed by atoms with Crippen LogP contribution in [0.1, 0.15) is 29.8 Å². The van der Waals surface area contributed by atoms with E-state index in [1.54, 1.807) is 38.3 Å². The second-order valence-electron chi connectivity index (χ2n) is 5.09. The van der Waals surface area contributed by atoms with Crippen LogP contribution in [0.2, 0.25) is 0 Å². The molecular formula is C15H23NO3. The predicted octanol–water partition coefficient (Wildman–Crippen LogP) is 2.74. The van der Waals surface area contributed by atoms with Crippen LogP contribution in [-0.4, -0.2) is 38.6 Å². The van der Waals surface area contributed by atoms with E-state index in [1.165, 1.54) is 0 Å². The Morgan fingerprint density at radius 3 is 2.05 bits per heavy atom. The second-order valence-corrected chi connectivity index (χ2v) is 5.09. The van der Waals surface area contributed by atoms with Gasteiger partial charge in [-0.3, -0.25) is 4.79 Å². The lowest BCUT2D eigenvalue weighted by atomic mass is 10.1. The van der Waals surface area contributed by atoms with Crippen molar-refractivity contribution >= 4 is 5.91 Å². The average Bonchev–Trinajstić information content (AvgIpc) is 2.37. The van der Waals surface area contributed by atoms with Crippen molar-refractivity contribution < 1.29 is 14.3 Å². The van der Waals surface area contributed by atoms with Crippen molar-refractivity contribution in [3.8, 4) is 11.5 Å². The lowest BCUT2D eigenvalue weighted by molar-refractivity contribution is 0.0778. The summed E-state index contributed by atoms with van der Waals surface area (Å²) in [6.45, 7) is 6.79. The standard InChI is InChI=1S/C15H23NO3/c1-10(2)9-16(4)15(17)12-7-13(18-5)11(3)14(8-12)19-6/h7-8,10H,9H2,1-6H3. The maximum atomic E-state index is 12.3. The number of amides is 1. The number of carbonyl (C=O) groups excluding carboxylic acids is 1. The van der Waals surface area contributed by atoms with Gasteiger partial charge in [0.2, 0.25) is 0 Å². The molecule has 0 aromatic heterocycles. The maximum absolute atomic E-state index is 12.3. The number of carbonyl (C=O) groups is 1. The summed E-state index contributed by atoms with van der Waals surface area (Å²) in [6.07, 6.45) is 0. The lowest BCUT2D eigenvalue weighted by Gasteiger charge is -2.20. The fraction of sp³-hybridized carbons (Fsp3) is 0.533. The molecule has 0 spiro atoms. The number of ether oxygens (including phenoxy) is 2. The van der Waals surface area contributed by atoms with E-state index in [1.807, 2.05) is 6.92 Å². The first-order valence-electron chi connectivity index (χ1n) is 6.38. The van der Waals surface area contributed by atoms with Crippen molar-refractivity contribution in [2.24, 2.45) is 5.92 Å². The third-order valence-electron chi connectivity index (χ3n) is 2.98. The predicted molar refractivity (Wildman–Crippen MR) is 76.1 cm³/mol. The Hall–Kier alpha value is -1.71. The first-order valence-corrected chi connectivity index (χ1v) is 6.38. The molecule has 0 saturated carbocycles. The molecule has 0 fully saturated rings.